The van der Waals surface area contributed by atoms with Gasteiger partial charge in [0.05, 0.1) is 19.4 Å². The molecule has 0 radical (unpaired) electrons. The summed E-state index contributed by atoms with van der Waals surface area (Å²) >= 11 is 1.12. The lowest BCUT2D eigenvalue weighted by atomic mass is 10.6. The highest BCUT2D eigenvalue weighted by atomic mass is 32.1. The van der Waals surface area contributed by atoms with Gasteiger partial charge in [-0.25, -0.2) is 9.78 Å². The minimum atomic E-state index is -0.946. The number of hydrogen-bond acceptors (Lipinski definition) is 6. The minimum Gasteiger partial charge on any atom is -0.477 e. The van der Waals surface area contributed by atoms with E-state index in [1.54, 1.807) is 0 Å². The first kappa shape index (κ1) is 13.9. The van der Waals surface area contributed by atoms with Gasteiger partial charge >= 0.3 is 5.97 Å². The van der Waals surface area contributed by atoms with Crippen LogP contribution in [0.1, 0.15) is 9.67 Å². The normalized spacial score (nSPS) is 10.8. The van der Waals surface area contributed by atoms with E-state index in [1.807, 2.05) is 19.0 Å². The van der Waals surface area contributed by atoms with Crippen molar-refractivity contribution in [2.75, 3.05) is 45.7 Å². The Kier molecular flexibility index (Phi) is 5.88. The Labute approximate surface area is 104 Å². The fourth-order valence-corrected chi connectivity index (χ4v) is 1.71. The molecule has 6 nitrogen and oxygen atoms in total. The number of ether oxygens (including phenoxy) is 1. The predicted molar refractivity (Wildman–Crippen MR) is 66.9 cm³/mol. The Morgan fingerprint density at radius 1 is 1.59 bits per heavy atom. The van der Waals surface area contributed by atoms with Crippen LogP contribution < -0.4 is 5.32 Å². The first-order valence-electron chi connectivity index (χ1n) is 5.25. The summed E-state index contributed by atoms with van der Waals surface area (Å²) < 4.78 is 5.38. The van der Waals surface area contributed by atoms with E-state index in [0.717, 1.165) is 17.9 Å². The van der Waals surface area contributed by atoms with Crippen LogP contribution in [0.4, 0.5) is 5.13 Å². The molecule has 96 valence electrons. The summed E-state index contributed by atoms with van der Waals surface area (Å²) in [5.41, 5.74) is 0. The summed E-state index contributed by atoms with van der Waals surface area (Å²) in [6, 6.07) is 0. The molecule has 1 aromatic rings. The van der Waals surface area contributed by atoms with E-state index >= 15 is 0 Å². The number of anilines is 1. The van der Waals surface area contributed by atoms with E-state index in [0.29, 0.717) is 24.9 Å². The second kappa shape index (κ2) is 7.21. The number of aromatic nitrogens is 1. The maximum Gasteiger partial charge on any atom is 0.347 e. The number of nitrogens with one attached hydrogen (secondary N) is 1. The maximum atomic E-state index is 10.6. The molecule has 0 saturated heterocycles. The summed E-state index contributed by atoms with van der Waals surface area (Å²) in [5.74, 6) is -0.946. The van der Waals surface area contributed by atoms with E-state index in [1.165, 1.54) is 6.20 Å². The van der Waals surface area contributed by atoms with Crippen molar-refractivity contribution in [2.45, 2.75) is 0 Å². The largest absolute Gasteiger partial charge is 0.477 e. The zero-order valence-corrected chi connectivity index (χ0v) is 10.8. The van der Waals surface area contributed by atoms with Gasteiger partial charge in [-0.3, -0.25) is 0 Å². The number of carboxylic acids is 1. The zero-order chi connectivity index (χ0) is 12.7. The first-order valence-corrected chi connectivity index (χ1v) is 6.06. The summed E-state index contributed by atoms with van der Waals surface area (Å²) in [4.78, 5) is 16.8. The third kappa shape index (κ3) is 5.62. The molecule has 0 bridgehead atoms. The molecule has 1 aromatic heterocycles. The maximum absolute atomic E-state index is 10.6. The molecular formula is C10H17N3O3S. The van der Waals surface area contributed by atoms with Gasteiger partial charge in [0, 0.05) is 13.1 Å². The van der Waals surface area contributed by atoms with Crippen molar-refractivity contribution < 1.29 is 14.6 Å². The van der Waals surface area contributed by atoms with E-state index in [9.17, 15) is 4.79 Å². The Bertz CT molecular complexity index is 354. The molecule has 1 rings (SSSR count). The molecule has 17 heavy (non-hydrogen) atoms. The van der Waals surface area contributed by atoms with Gasteiger partial charge < -0.3 is 20.1 Å². The number of carboxylic acid groups (broad SMARTS) is 1. The lowest BCUT2D eigenvalue weighted by Crippen LogP contribution is -2.19. The standard InChI is InChI=1S/C10H17N3O3S/c1-13(2)4-6-16-5-3-11-10-12-7-8(17-10)9(14)15/h7H,3-6H2,1-2H3,(H,11,12)(H,14,15). The van der Waals surface area contributed by atoms with Crippen LogP contribution in [0.3, 0.4) is 0 Å². The molecule has 1 heterocycles. The monoisotopic (exact) mass is 259 g/mol. The molecule has 0 aliphatic rings. The lowest BCUT2D eigenvalue weighted by molar-refractivity contribution is 0.0702. The highest BCUT2D eigenvalue weighted by Crippen LogP contribution is 2.17. The van der Waals surface area contributed by atoms with Crippen molar-refractivity contribution in [2.24, 2.45) is 0 Å². The lowest BCUT2D eigenvalue weighted by Gasteiger charge is -2.09. The molecule has 0 spiro atoms. The fraction of sp³-hybridized carbons (Fsp3) is 0.600. The molecular weight excluding hydrogens is 242 g/mol. The van der Waals surface area contributed by atoms with E-state index in [-0.39, 0.29) is 4.88 Å². The Hall–Kier alpha value is -1.18. The van der Waals surface area contributed by atoms with Crippen molar-refractivity contribution in [1.29, 1.82) is 0 Å². The van der Waals surface area contributed by atoms with Gasteiger partial charge in [-0.1, -0.05) is 11.3 Å². The molecule has 2 N–H and O–H groups in total. The number of likely N-dealkylation sites (N-methyl/N-ethyl adjacent to an activating group) is 1. The fourth-order valence-electron chi connectivity index (χ4n) is 1.03. The summed E-state index contributed by atoms with van der Waals surface area (Å²) in [6.45, 7) is 2.78. The highest BCUT2D eigenvalue weighted by Gasteiger charge is 2.07. The number of carbonyl (C=O) groups is 1. The number of hydrogen-bond donors (Lipinski definition) is 2. The van der Waals surface area contributed by atoms with Crippen LogP contribution in [0, 0.1) is 0 Å². The van der Waals surface area contributed by atoms with Gasteiger partial charge in [0.2, 0.25) is 0 Å². The number of nitrogens with zero attached hydrogens (tertiary/aromatic N) is 2. The van der Waals surface area contributed by atoms with Crippen LogP contribution in [-0.4, -0.2) is 61.4 Å². The van der Waals surface area contributed by atoms with Crippen molar-refractivity contribution in [1.82, 2.24) is 9.88 Å². The van der Waals surface area contributed by atoms with E-state index in [2.05, 4.69) is 10.3 Å². The molecule has 0 aliphatic heterocycles. The van der Waals surface area contributed by atoms with Gasteiger partial charge in [0.15, 0.2) is 5.13 Å². The van der Waals surface area contributed by atoms with Gasteiger partial charge in [-0.2, -0.15) is 0 Å². The summed E-state index contributed by atoms with van der Waals surface area (Å²) in [5, 5.41) is 12.3. The Balaban J connectivity index is 2.11. The molecule has 0 unspecified atom stereocenters. The van der Waals surface area contributed by atoms with Crippen LogP contribution in [0.25, 0.3) is 0 Å². The van der Waals surface area contributed by atoms with Crippen LogP contribution >= 0.6 is 11.3 Å². The van der Waals surface area contributed by atoms with Crippen LogP contribution in [0.2, 0.25) is 0 Å². The van der Waals surface area contributed by atoms with Crippen LogP contribution in [0.5, 0.6) is 0 Å². The SMILES string of the molecule is CN(C)CCOCCNc1ncc(C(=O)O)s1. The molecule has 0 saturated carbocycles. The summed E-state index contributed by atoms with van der Waals surface area (Å²) in [7, 11) is 3.98. The molecule has 7 heteroatoms. The Morgan fingerprint density at radius 2 is 2.35 bits per heavy atom. The average molecular weight is 259 g/mol. The molecule has 0 amide bonds. The number of rotatable bonds is 8. The quantitative estimate of drug-likeness (QED) is 0.674. The molecule has 0 aliphatic carbocycles. The molecule has 0 atom stereocenters. The van der Waals surface area contributed by atoms with Crippen LogP contribution in [-0.2, 0) is 4.74 Å². The van der Waals surface area contributed by atoms with Gasteiger partial charge in [-0.15, -0.1) is 0 Å². The van der Waals surface area contributed by atoms with Crippen molar-refractivity contribution in [3.05, 3.63) is 11.1 Å². The smallest absolute Gasteiger partial charge is 0.347 e. The average Bonchev–Trinajstić information content (AvgIpc) is 2.71. The van der Waals surface area contributed by atoms with Gasteiger partial charge in [0.25, 0.3) is 0 Å². The number of aromatic carboxylic acids is 1. The van der Waals surface area contributed by atoms with Gasteiger partial charge in [0.1, 0.15) is 4.88 Å². The topological polar surface area (TPSA) is 74.7 Å². The Morgan fingerprint density at radius 3 is 2.94 bits per heavy atom. The number of thiazole rings is 1. The summed E-state index contributed by atoms with van der Waals surface area (Å²) in [6.07, 6.45) is 1.35. The molecule has 0 fully saturated rings. The third-order valence-corrected chi connectivity index (χ3v) is 2.86. The van der Waals surface area contributed by atoms with Gasteiger partial charge in [-0.05, 0) is 14.1 Å². The molecule has 0 aromatic carbocycles. The van der Waals surface area contributed by atoms with Crippen LogP contribution in [0.15, 0.2) is 6.20 Å². The van der Waals surface area contributed by atoms with E-state index < -0.39 is 5.97 Å². The van der Waals surface area contributed by atoms with Crippen molar-refractivity contribution >= 4 is 22.4 Å². The second-order valence-electron chi connectivity index (χ2n) is 3.68. The highest BCUT2D eigenvalue weighted by molar-refractivity contribution is 7.17. The minimum absolute atomic E-state index is 0.237. The van der Waals surface area contributed by atoms with Crippen molar-refractivity contribution in [3.8, 4) is 0 Å². The third-order valence-electron chi connectivity index (χ3n) is 1.92. The first-order chi connectivity index (χ1) is 8.09. The van der Waals surface area contributed by atoms with Crippen molar-refractivity contribution in [3.63, 3.8) is 0 Å². The second-order valence-corrected chi connectivity index (χ2v) is 4.71. The predicted octanol–water partition coefficient (Wildman–Crippen LogP) is 0.831. The van der Waals surface area contributed by atoms with E-state index in [4.69, 9.17) is 9.84 Å². The zero-order valence-electron chi connectivity index (χ0n) is 9.97.